The van der Waals surface area contributed by atoms with E-state index in [0.717, 1.165) is 13.0 Å². The van der Waals surface area contributed by atoms with Gasteiger partial charge in [-0.15, -0.1) is 0 Å². The van der Waals surface area contributed by atoms with Gasteiger partial charge in [0.2, 0.25) is 0 Å². The first-order chi connectivity index (χ1) is 16.7. The molecule has 7 N–H and O–H groups in total. The first-order valence-corrected chi connectivity index (χ1v) is 14.0. The van der Waals surface area contributed by atoms with Gasteiger partial charge in [-0.2, -0.15) is 21.8 Å². The number of rotatable bonds is 8. The van der Waals surface area contributed by atoms with Crippen LogP contribution in [-0.2, 0) is 37.8 Å². The predicted molar refractivity (Wildman–Crippen MR) is 109 cm³/mol. The van der Waals surface area contributed by atoms with E-state index < -0.39 is 88.8 Å². The molecule has 208 valence electrons. The molecule has 0 bridgehead atoms. The number of H-pyrrole nitrogens is 1. The molecule has 23 heteroatoms. The lowest BCUT2D eigenvalue weighted by Gasteiger charge is -2.19. The van der Waals surface area contributed by atoms with Crippen molar-refractivity contribution in [2.45, 2.75) is 37.5 Å². The minimum absolute atomic E-state index is 0.234. The van der Waals surface area contributed by atoms with Crippen LogP contribution in [0.1, 0.15) is 23.1 Å². The van der Waals surface area contributed by atoms with Crippen LogP contribution in [0.15, 0.2) is 10.9 Å². The Balaban J connectivity index is 1.79. The van der Waals surface area contributed by atoms with Crippen molar-refractivity contribution in [1.29, 1.82) is 0 Å². The van der Waals surface area contributed by atoms with Crippen molar-refractivity contribution in [3.8, 4) is 0 Å². The van der Waals surface area contributed by atoms with Gasteiger partial charge in [0.25, 0.3) is 5.56 Å². The number of hydrogen-bond donors (Lipinski definition) is 7. The van der Waals surface area contributed by atoms with Gasteiger partial charge in [0.05, 0.1) is 17.9 Å². The van der Waals surface area contributed by atoms with E-state index in [9.17, 15) is 46.8 Å². The Kier molecular flexibility index (Phi) is 8.22. The van der Waals surface area contributed by atoms with Crippen molar-refractivity contribution in [3.05, 3.63) is 33.4 Å². The number of aryl methyl sites for hydroxylation is 1. The number of fused-ring (bicyclic) bond motifs is 1. The highest BCUT2D eigenvalue weighted by atomic mass is 31.3. The third kappa shape index (κ3) is 7.27. The molecule has 1 saturated heterocycles. The molecule has 1 aliphatic rings. The van der Waals surface area contributed by atoms with Crippen LogP contribution in [0.5, 0.6) is 0 Å². The van der Waals surface area contributed by atoms with E-state index in [4.69, 9.17) is 19.4 Å². The van der Waals surface area contributed by atoms with E-state index in [1.807, 2.05) is 0 Å². The number of hydrogen-bond acceptors (Lipinski definition) is 12. The number of phosphoric acid groups is 3. The summed E-state index contributed by atoms with van der Waals surface area (Å²) in [5, 5.41) is 20.5. The summed E-state index contributed by atoms with van der Waals surface area (Å²) >= 11 is 0. The third-order valence-corrected chi connectivity index (χ3v) is 8.44. The van der Waals surface area contributed by atoms with Crippen molar-refractivity contribution in [1.82, 2.24) is 15.0 Å². The zero-order valence-corrected chi connectivity index (χ0v) is 20.6. The summed E-state index contributed by atoms with van der Waals surface area (Å²) in [6, 6.07) is 0.944. The van der Waals surface area contributed by atoms with Crippen LogP contribution in [-0.4, -0.2) is 69.7 Å². The van der Waals surface area contributed by atoms with Gasteiger partial charge in [0.15, 0.2) is 11.3 Å². The highest BCUT2D eigenvalue weighted by molar-refractivity contribution is 7.66. The third-order valence-electron chi connectivity index (χ3n) is 4.64. The number of alkyl halides is 3. The van der Waals surface area contributed by atoms with Gasteiger partial charge in [-0.3, -0.25) is 9.32 Å². The van der Waals surface area contributed by atoms with Crippen molar-refractivity contribution in [2.24, 2.45) is 0 Å². The van der Waals surface area contributed by atoms with E-state index in [0.29, 0.717) is 0 Å². The maximum absolute atomic E-state index is 13.1. The summed E-state index contributed by atoms with van der Waals surface area (Å²) in [5.74, 6) is 0. The number of nitrogens with zero attached hydrogens (tertiary/aromatic N) is 2. The lowest BCUT2D eigenvalue weighted by atomic mass is 10.0. The van der Waals surface area contributed by atoms with Crippen LogP contribution >= 0.6 is 23.5 Å². The molecule has 1 aliphatic heterocycles. The van der Waals surface area contributed by atoms with Crippen molar-refractivity contribution >= 4 is 34.6 Å². The van der Waals surface area contributed by atoms with Crippen molar-refractivity contribution in [3.63, 3.8) is 0 Å². The normalized spacial score (nSPS) is 26.2. The molecular weight excluding hydrogens is 584 g/mol. The quantitative estimate of drug-likeness (QED) is 0.198. The molecule has 0 radical (unpaired) electrons. The summed E-state index contributed by atoms with van der Waals surface area (Å²) in [6.45, 7) is -0.124. The summed E-state index contributed by atoms with van der Waals surface area (Å²) in [5.41, 5.74) is -4.15. The Morgan fingerprint density at radius 3 is 2.24 bits per heavy atom. The van der Waals surface area contributed by atoms with Gasteiger partial charge < -0.3 is 39.5 Å². The molecular formula is C14H17F3N3O14P3. The zero-order chi connectivity index (χ0) is 28.1. The number of aliphatic hydroxyl groups excluding tert-OH is 2. The molecule has 17 nitrogen and oxygen atoms in total. The van der Waals surface area contributed by atoms with Gasteiger partial charge in [0, 0.05) is 0 Å². The van der Waals surface area contributed by atoms with Crippen molar-refractivity contribution in [2.75, 3.05) is 6.61 Å². The second-order valence-electron chi connectivity index (χ2n) is 7.41. The van der Waals surface area contributed by atoms with Crippen LogP contribution < -0.4 is 5.56 Å². The Bertz CT molecular complexity index is 1400. The second kappa shape index (κ2) is 10.2. The van der Waals surface area contributed by atoms with Gasteiger partial charge in [0.1, 0.15) is 29.9 Å². The molecule has 3 unspecified atom stereocenters. The number of halogens is 3. The van der Waals surface area contributed by atoms with Crippen LogP contribution in [0.3, 0.4) is 0 Å². The molecule has 0 aliphatic carbocycles. The van der Waals surface area contributed by atoms with Crippen LogP contribution in [0.25, 0.3) is 11.2 Å². The van der Waals surface area contributed by atoms with Gasteiger partial charge >= 0.3 is 29.6 Å². The Hall–Kier alpha value is -1.63. The highest BCUT2D eigenvalue weighted by Crippen LogP contribution is 2.66. The van der Waals surface area contributed by atoms with Crippen LogP contribution in [0, 0.1) is 6.92 Å². The molecule has 6 atom stereocenters. The molecule has 0 saturated carbocycles. The van der Waals surface area contributed by atoms with E-state index in [-0.39, 0.29) is 5.52 Å². The fourth-order valence-electron chi connectivity index (χ4n) is 3.22. The Morgan fingerprint density at radius 1 is 1.05 bits per heavy atom. The average Bonchev–Trinajstić information content (AvgIpc) is 2.96. The number of nitrogens with one attached hydrogen (secondary N) is 1. The molecule has 2 aromatic rings. The lowest BCUT2D eigenvalue weighted by molar-refractivity contribution is -0.141. The first-order valence-electron chi connectivity index (χ1n) is 9.48. The summed E-state index contributed by atoms with van der Waals surface area (Å²) in [4.78, 5) is 57.2. The average molecular weight is 601 g/mol. The highest BCUT2D eigenvalue weighted by Gasteiger charge is 2.47. The summed E-state index contributed by atoms with van der Waals surface area (Å²) < 4.78 is 89.7. The largest absolute Gasteiger partial charge is 0.490 e. The van der Waals surface area contributed by atoms with Crippen LogP contribution in [0.4, 0.5) is 13.2 Å². The number of aromatic amines is 1. The fraction of sp³-hybridized carbons (Fsp3) is 0.500. The standard InChI is InChI=1S/C14H17F3N3O14P3/c1-4-11(14(15,16)17)19-12-6(18-4)2-5(13(23)20-12)10-9(22)8(21)7(32-10)3-31-36(27,28)34-37(29,30)33-35(24,25)26/h2,7-10,21-22H,3H2,1H3,(H,27,28)(H,29,30)(H,19,20,23)(H2,24,25,26)/t7-,8?,9+,10+/m1/s1. The minimum atomic E-state index is -5.82. The van der Waals surface area contributed by atoms with Gasteiger partial charge in [-0.1, -0.05) is 0 Å². The summed E-state index contributed by atoms with van der Waals surface area (Å²) in [7, 11) is -17.0. The molecule has 0 amide bonds. The minimum Gasteiger partial charge on any atom is -0.387 e. The molecule has 37 heavy (non-hydrogen) atoms. The van der Waals surface area contributed by atoms with Crippen molar-refractivity contribution < 1.29 is 74.5 Å². The summed E-state index contributed by atoms with van der Waals surface area (Å²) in [6.07, 6.45) is -12.0. The number of aliphatic hydroxyl groups is 2. The van der Waals surface area contributed by atoms with Gasteiger partial charge in [-0.05, 0) is 13.0 Å². The Labute approximate surface area is 202 Å². The van der Waals surface area contributed by atoms with Crippen LogP contribution in [0.2, 0.25) is 0 Å². The molecule has 2 aromatic heterocycles. The Morgan fingerprint density at radius 2 is 1.68 bits per heavy atom. The monoisotopic (exact) mass is 601 g/mol. The number of ether oxygens (including phenoxy) is 1. The molecule has 0 spiro atoms. The molecule has 0 aromatic carbocycles. The lowest BCUT2D eigenvalue weighted by Crippen LogP contribution is -2.33. The first kappa shape index (κ1) is 29.9. The topological polar surface area (TPSA) is 268 Å². The molecule has 3 heterocycles. The SMILES string of the molecule is Cc1nc2cc([C@@H]3O[C@H](COP(=O)(O)OP(=O)(O)OP(=O)(O)O)C(O)[C@@H]3O)c(=O)[nH]c2nc1C(F)(F)F. The van der Waals surface area contributed by atoms with E-state index in [1.54, 1.807) is 0 Å². The zero-order valence-electron chi connectivity index (χ0n) is 17.9. The predicted octanol–water partition coefficient (Wildman–Crippen LogP) is 0.150. The second-order valence-corrected chi connectivity index (χ2v) is 11.8. The number of phosphoric ester groups is 1. The molecule has 1 fully saturated rings. The fourth-order valence-corrected chi connectivity index (χ4v) is 6.25. The number of aromatic nitrogens is 3. The maximum atomic E-state index is 13.1. The smallest absolute Gasteiger partial charge is 0.387 e. The van der Waals surface area contributed by atoms with E-state index in [1.165, 1.54) is 0 Å². The van der Waals surface area contributed by atoms with Gasteiger partial charge in [-0.25, -0.2) is 23.7 Å². The molecule has 3 rings (SSSR count). The number of pyridine rings is 1. The van der Waals surface area contributed by atoms with E-state index >= 15 is 0 Å². The maximum Gasteiger partial charge on any atom is 0.490 e. The van der Waals surface area contributed by atoms with E-state index in [2.05, 4.69) is 28.1 Å².